The van der Waals surface area contributed by atoms with E-state index in [4.69, 9.17) is 22.4 Å². The Morgan fingerprint density at radius 1 is 1.42 bits per heavy atom. The second-order valence-corrected chi connectivity index (χ2v) is 4.87. The number of nitrogens with one attached hydrogen (secondary N) is 1. The molecule has 5 nitrogen and oxygen atoms in total. The zero-order valence-corrected chi connectivity index (χ0v) is 11.4. The number of anilines is 1. The number of rotatable bonds is 6. The van der Waals surface area contributed by atoms with Gasteiger partial charge in [-0.05, 0) is 38.0 Å². The van der Waals surface area contributed by atoms with E-state index in [1.807, 2.05) is 6.92 Å². The molecule has 1 unspecified atom stereocenters. The summed E-state index contributed by atoms with van der Waals surface area (Å²) in [5.41, 5.74) is 6.44. The Bertz CT molecular complexity index is 457. The Hall–Kier alpha value is -1.75. The summed E-state index contributed by atoms with van der Waals surface area (Å²) in [5, 5.41) is 11.7. The van der Waals surface area contributed by atoms with Gasteiger partial charge in [-0.2, -0.15) is 0 Å². The Labute approximate surface area is 116 Å². The molecule has 4 N–H and O–H groups in total. The molecule has 0 radical (unpaired) electrons. The summed E-state index contributed by atoms with van der Waals surface area (Å²) in [6.45, 7) is 1.83. The Kier molecular flexibility index (Phi) is 5.63. The maximum atomic E-state index is 11.9. The van der Waals surface area contributed by atoms with Crippen molar-refractivity contribution in [3.8, 4) is 0 Å². The molecule has 0 aliphatic rings. The molecule has 1 aromatic carbocycles. The number of halogens is 1. The first-order chi connectivity index (χ1) is 8.88. The van der Waals surface area contributed by atoms with E-state index in [9.17, 15) is 9.59 Å². The lowest BCUT2D eigenvalue weighted by molar-refractivity contribution is -0.137. The first-order valence-corrected chi connectivity index (χ1v) is 6.35. The lowest BCUT2D eigenvalue weighted by Gasteiger charge is -2.13. The molecule has 6 heteroatoms. The van der Waals surface area contributed by atoms with Crippen molar-refractivity contribution in [2.75, 3.05) is 5.73 Å². The predicted molar refractivity (Wildman–Crippen MR) is 74.3 cm³/mol. The van der Waals surface area contributed by atoms with Gasteiger partial charge in [-0.3, -0.25) is 9.59 Å². The Balaban J connectivity index is 2.51. The fraction of sp³-hybridized carbons (Fsp3) is 0.385. The minimum absolute atomic E-state index is 0.102. The minimum Gasteiger partial charge on any atom is -0.481 e. The number of amides is 1. The van der Waals surface area contributed by atoms with Crippen molar-refractivity contribution in [1.82, 2.24) is 5.32 Å². The summed E-state index contributed by atoms with van der Waals surface area (Å²) in [6, 6.07) is 4.55. The molecule has 0 bridgehead atoms. The third kappa shape index (κ3) is 5.61. The number of benzene rings is 1. The van der Waals surface area contributed by atoms with Gasteiger partial charge in [0.1, 0.15) is 0 Å². The lowest BCUT2D eigenvalue weighted by Crippen LogP contribution is -2.32. The molecule has 1 atom stereocenters. The summed E-state index contributed by atoms with van der Waals surface area (Å²) in [5.74, 6) is -1.10. The molecule has 104 valence electrons. The molecule has 0 saturated carbocycles. The van der Waals surface area contributed by atoms with Crippen LogP contribution >= 0.6 is 11.6 Å². The van der Waals surface area contributed by atoms with E-state index in [1.165, 1.54) is 6.07 Å². The number of carbonyl (C=O) groups excluding carboxylic acids is 1. The summed E-state index contributed by atoms with van der Waals surface area (Å²) >= 11 is 5.82. The van der Waals surface area contributed by atoms with E-state index >= 15 is 0 Å². The van der Waals surface area contributed by atoms with Crippen molar-refractivity contribution in [3.63, 3.8) is 0 Å². The molecule has 0 saturated heterocycles. The molecule has 0 fully saturated rings. The van der Waals surface area contributed by atoms with Gasteiger partial charge in [-0.1, -0.05) is 11.6 Å². The SMILES string of the molecule is CC(CCCC(=O)O)NC(=O)c1cc(N)cc(Cl)c1. The number of nitrogen functional groups attached to an aromatic ring is 1. The van der Waals surface area contributed by atoms with E-state index in [0.29, 0.717) is 29.1 Å². The second kappa shape index (κ2) is 6.99. The van der Waals surface area contributed by atoms with Crippen molar-refractivity contribution >= 4 is 29.2 Å². The van der Waals surface area contributed by atoms with Gasteiger partial charge >= 0.3 is 5.97 Å². The van der Waals surface area contributed by atoms with Crippen LogP contribution in [0.3, 0.4) is 0 Å². The molecule has 0 aliphatic heterocycles. The van der Waals surface area contributed by atoms with Crippen LogP contribution in [-0.4, -0.2) is 23.0 Å². The van der Waals surface area contributed by atoms with Crippen LogP contribution in [-0.2, 0) is 4.79 Å². The van der Waals surface area contributed by atoms with Gasteiger partial charge < -0.3 is 16.2 Å². The van der Waals surface area contributed by atoms with Crippen LogP contribution in [0.25, 0.3) is 0 Å². The number of aliphatic carboxylic acids is 1. The van der Waals surface area contributed by atoms with Gasteiger partial charge in [0.25, 0.3) is 5.91 Å². The van der Waals surface area contributed by atoms with Crippen molar-refractivity contribution in [1.29, 1.82) is 0 Å². The number of carbonyl (C=O) groups is 2. The molecular formula is C13H17ClN2O3. The smallest absolute Gasteiger partial charge is 0.303 e. The summed E-state index contributed by atoms with van der Waals surface area (Å²) in [4.78, 5) is 22.3. The largest absolute Gasteiger partial charge is 0.481 e. The number of carboxylic acid groups (broad SMARTS) is 1. The van der Waals surface area contributed by atoms with Gasteiger partial charge in [-0.15, -0.1) is 0 Å². The number of hydrogen-bond donors (Lipinski definition) is 3. The molecule has 0 spiro atoms. The van der Waals surface area contributed by atoms with Crippen molar-refractivity contribution in [3.05, 3.63) is 28.8 Å². The molecule has 1 amide bonds. The summed E-state index contributed by atoms with van der Waals surface area (Å²) in [6.07, 6.45) is 1.23. The molecular weight excluding hydrogens is 268 g/mol. The minimum atomic E-state index is -0.832. The van der Waals surface area contributed by atoms with Crippen LogP contribution in [0.15, 0.2) is 18.2 Å². The van der Waals surface area contributed by atoms with Crippen LogP contribution < -0.4 is 11.1 Å². The zero-order valence-electron chi connectivity index (χ0n) is 10.6. The molecule has 0 heterocycles. The van der Waals surface area contributed by atoms with E-state index in [0.717, 1.165) is 0 Å². The monoisotopic (exact) mass is 284 g/mol. The average molecular weight is 285 g/mol. The normalized spacial score (nSPS) is 11.9. The topological polar surface area (TPSA) is 92.4 Å². The Morgan fingerprint density at radius 2 is 2.11 bits per heavy atom. The van der Waals surface area contributed by atoms with Crippen LogP contribution in [0.4, 0.5) is 5.69 Å². The molecule has 0 aromatic heterocycles. The van der Waals surface area contributed by atoms with E-state index in [1.54, 1.807) is 12.1 Å². The fourth-order valence-electron chi connectivity index (χ4n) is 1.68. The van der Waals surface area contributed by atoms with Crippen molar-refractivity contribution in [2.45, 2.75) is 32.2 Å². The second-order valence-electron chi connectivity index (χ2n) is 4.43. The molecule has 19 heavy (non-hydrogen) atoms. The Morgan fingerprint density at radius 3 is 2.68 bits per heavy atom. The first-order valence-electron chi connectivity index (χ1n) is 5.97. The van der Waals surface area contributed by atoms with Crippen LogP contribution in [0.2, 0.25) is 5.02 Å². The number of nitrogens with two attached hydrogens (primary N) is 1. The molecule has 0 aliphatic carbocycles. The van der Waals surface area contributed by atoms with Crippen LogP contribution in [0.5, 0.6) is 0 Å². The number of hydrogen-bond acceptors (Lipinski definition) is 3. The third-order valence-corrected chi connectivity index (χ3v) is 2.81. The highest BCUT2D eigenvalue weighted by Crippen LogP contribution is 2.16. The van der Waals surface area contributed by atoms with Gasteiger partial charge in [0.2, 0.25) is 0 Å². The average Bonchev–Trinajstić information content (AvgIpc) is 2.26. The molecule has 1 aromatic rings. The van der Waals surface area contributed by atoms with Gasteiger partial charge in [0, 0.05) is 28.7 Å². The van der Waals surface area contributed by atoms with Crippen LogP contribution in [0, 0.1) is 0 Å². The molecule has 1 rings (SSSR count). The summed E-state index contributed by atoms with van der Waals surface area (Å²) < 4.78 is 0. The van der Waals surface area contributed by atoms with Gasteiger partial charge in [0.15, 0.2) is 0 Å². The zero-order chi connectivity index (χ0) is 14.4. The maximum absolute atomic E-state index is 11.9. The third-order valence-electron chi connectivity index (χ3n) is 2.59. The van der Waals surface area contributed by atoms with Gasteiger partial charge in [-0.25, -0.2) is 0 Å². The van der Waals surface area contributed by atoms with E-state index < -0.39 is 5.97 Å². The maximum Gasteiger partial charge on any atom is 0.303 e. The van der Waals surface area contributed by atoms with E-state index in [-0.39, 0.29) is 18.4 Å². The highest BCUT2D eigenvalue weighted by atomic mass is 35.5. The highest BCUT2D eigenvalue weighted by molar-refractivity contribution is 6.31. The highest BCUT2D eigenvalue weighted by Gasteiger charge is 2.11. The quantitative estimate of drug-likeness (QED) is 0.699. The van der Waals surface area contributed by atoms with Crippen molar-refractivity contribution < 1.29 is 14.7 Å². The van der Waals surface area contributed by atoms with Gasteiger partial charge in [0.05, 0.1) is 0 Å². The fourth-order valence-corrected chi connectivity index (χ4v) is 1.93. The van der Waals surface area contributed by atoms with Crippen LogP contribution in [0.1, 0.15) is 36.5 Å². The summed E-state index contributed by atoms with van der Waals surface area (Å²) in [7, 11) is 0. The lowest BCUT2D eigenvalue weighted by atomic mass is 10.1. The van der Waals surface area contributed by atoms with E-state index in [2.05, 4.69) is 5.32 Å². The standard InChI is InChI=1S/C13H17ClN2O3/c1-8(3-2-4-12(17)18)16-13(19)9-5-10(14)7-11(15)6-9/h5-8H,2-4,15H2,1H3,(H,16,19)(H,17,18). The number of carboxylic acids is 1. The van der Waals surface area contributed by atoms with Crippen molar-refractivity contribution in [2.24, 2.45) is 0 Å². The predicted octanol–water partition coefficient (Wildman–Crippen LogP) is 2.30. The first kappa shape index (κ1) is 15.3.